The molecule has 23 heavy (non-hydrogen) atoms. The number of nitrogens with zero attached hydrogens (tertiary/aromatic N) is 3. The summed E-state index contributed by atoms with van der Waals surface area (Å²) in [5.74, 6) is 1.83. The van der Waals surface area contributed by atoms with Crippen molar-refractivity contribution in [1.82, 2.24) is 15.0 Å². The first-order chi connectivity index (χ1) is 11.2. The molecule has 0 bridgehead atoms. The summed E-state index contributed by atoms with van der Waals surface area (Å²) in [7, 11) is 0. The molecule has 0 amide bonds. The Morgan fingerprint density at radius 1 is 1.09 bits per heavy atom. The number of benzene rings is 1. The van der Waals surface area contributed by atoms with E-state index in [0.717, 1.165) is 11.3 Å². The fourth-order valence-electron chi connectivity index (χ4n) is 1.85. The van der Waals surface area contributed by atoms with Crippen molar-refractivity contribution in [1.29, 1.82) is 0 Å². The molecule has 7 heteroatoms. The lowest BCUT2D eigenvalue weighted by atomic mass is 10.2. The molecule has 0 atom stereocenters. The second-order valence-corrected chi connectivity index (χ2v) is 5.38. The van der Waals surface area contributed by atoms with Crippen LogP contribution in [0.15, 0.2) is 59.6 Å². The quantitative estimate of drug-likeness (QED) is 0.736. The highest BCUT2D eigenvalue weighted by Crippen LogP contribution is 2.26. The number of hydrogen-bond acceptors (Lipinski definition) is 6. The van der Waals surface area contributed by atoms with E-state index in [4.69, 9.17) is 15.2 Å². The number of anilines is 1. The third-order valence-corrected chi connectivity index (χ3v) is 3.33. The van der Waals surface area contributed by atoms with Gasteiger partial charge in [0, 0.05) is 11.8 Å². The second-order valence-electron chi connectivity index (χ2n) is 4.57. The lowest BCUT2D eigenvalue weighted by Gasteiger charge is -2.12. The molecule has 2 heterocycles. The Hall–Kier alpha value is -2.67. The topological polar surface area (TPSA) is 83.2 Å². The molecule has 6 nitrogen and oxygen atoms in total. The zero-order valence-corrected chi connectivity index (χ0v) is 13.6. The fourth-order valence-corrected chi connectivity index (χ4v) is 2.11. The van der Waals surface area contributed by atoms with Crippen LogP contribution in [0.2, 0.25) is 0 Å². The van der Waals surface area contributed by atoms with Crippen LogP contribution in [0.4, 0.5) is 5.82 Å². The molecular weight excluding hydrogens is 360 g/mol. The SMILES string of the molecule is Nc1ncc(Br)nc1OCc1ccncc1Oc1ccccc1. The Morgan fingerprint density at radius 2 is 1.91 bits per heavy atom. The van der Waals surface area contributed by atoms with E-state index < -0.39 is 0 Å². The van der Waals surface area contributed by atoms with Crippen molar-refractivity contribution in [2.24, 2.45) is 0 Å². The molecular formula is C16H13BrN4O2. The molecule has 0 fully saturated rings. The van der Waals surface area contributed by atoms with Gasteiger partial charge in [-0.15, -0.1) is 0 Å². The Balaban J connectivity index is 1.77. The van der Waals surface area contributed by atoms with Gasteiger partial charge in [-0.25, -0.2) is 9.97 Å². The van der Waals surface area contributed by atoms with Crippen molar-refractivity contribution in [3.05, 3.63) is 65.2 Å². The standard InChI is InChI=1S/C16H13BrN4O2/c17-14-9-20-15(18)16(21-14)22-10-11-6-7-19-8-13(11)23-12-4-2-1-3-5-12/h1-9H,10H2,(H2,18,20). The van der Waals surface area contributed by atoms with Crippen molar-refractivity contribution in [3.63, 3.8) is 0 Å². The number of nitrogen functional groups attached to an aromatic ring is 1. The summed E-state index contributed by atoms with van der Waals surface area (Å²) < 4.78 is 12.0. The van der Waals surface area contributed by atoms with Gasteiger partial charge in [0.25, 0.3) is 5.88 Å². The maximum atomic E-state index is 5.83. The van der Waals surface area contributed by atoms with Crippen molar-refractivity contribution in [2.45, 2.75) is 6.61 Å². The number of ether oxygens (including phenoxy) is 2. The smallest absolute Gasteiger partial charge is 0.258 e. The van der Waals surface area contributed by atoms with Crippen LogP contribution in [-0.2, 0) is 6.61 Å². The van der Waals surface area contributed by atoms with Crippen LogP contribution < -0.4 is 15.2 Å². The first kappa shape index (κ1) is 15.2. The number of nitrogens with two attached hydrogens (primary N) is 1. The molecule has 0 spiro atoms. The molecule has 0 saturated heterocycles. The van der Waals surface area contributed by atoms with E-state index >= 15 is 0 Å². The van der Waals surface area contributed by atoms with Crippen LogP contribution in [-0.4, -0.2) is 15.0 Å². The van der Waals surface area contributed by atoms with Crippen LogP contribution in [0.1, 0.15) is 5.56 Å². The lowest BCUT2D eigenvalue weighted by molar-refractivity contribution is 0.288. The molecule has 0 aliphatic rings. The fraction of sp³-hybridized carbons (Fsp3) is 0.0625. The molecule has 2 aromatic heterocycles. The minimum atomic E-state index is 0.229. The molecule has 0 aliphatic carbocycles. The number of hydrogen-bond donors (Lipinski definition) is 1. The van der Waals surface area contributed by atoms with Gasteiger partial charge >= 0.3 is 0 Å². The van der Waals surface area contributed by atoms with Gasteiger partial charge in [0.2, 0.25) is 0 Å². The van der Waals surface area contributed by atoms with Gasteiger partial charge in [-0.2, -0.15) is 0 Å². The number of pyridine rings is 1. The molecule has 2 N–H and O–H groups in total. The van der Waals surface area contributed by atoms with E-state index in [1.54, 1.807) is 12.4 Å². The van der Waals surface area contributed by atoms with E-state index in [9.17, 15) is 0 Å². The van der Waals surface area contributed by atoms with Crippen molar-refractivity contribution in [2.75, 3.05) is 5.73 Å². The highest BCUT2D eigenvalue weighted by molar-refractivity contribution is 9.10. The highest BCUT2D eigenvalue weighted by atomic mass is 79.9. The maximum Gasteiger partial charge on any atom is 0.258 e. The second kappa shape index (κ2) is 7.06. The van der Waals surface area contributed by atoms with Gasteiger partial charge in [0.05, 0.1) is 12.4 Å². The van der Waals surface area contributed by atoms with Gasteiger partial charge in [-0.3, -0.25) is 4.98 Å². The Morgan fingerprint density at radius 3 is 2.74 bits per heavy atom. The van der Waals surface area contributed by atoms with Gasteiger partial charge in [0.1, 0.15) is 17.0 Å². The van der Waals surface area contributed by atoms with Crippen LogP contribution in [0.5, 0.6) is 17.4 Å². The lowest BCUT2D eigenvalue weighted by Crippen LogP contribution is -2.04. The normalized spacial score (nSPS) is 10.3. The summed E-state index contributed by atoms with van der Waals surface area (Å²) in [4.78, 5) is 12.2. The molecule has 116 valence electrons. The number of para-hydroxylation sites is 1. The van der Waals surface area contributed by atoms with Gasteiger partial charge in [0.15, 0.2) is 11.6 Å². The third kappa shape index (κ3) is 3.95. The van der Waals surface area contributed by atoms with Crippen LogP contribution in [0, 0.1) is 0 Å². The summed E-state index contributed by atoms with van der Waals surface area (Å²) in [6, 6.07) is 11.3. The molecule has 0 aliphatic heterocycles. The average Bonchev–Trinajstić information content (AvgIpc) is 2.58. The zero-order chi connectivity index (χ0) is 16.1. The van der Waals surface area contributed by atoms with E-state index in [2.05, 4.69) is 30.9 Å². The van der Waals surface area contributed by atoms with Gasteiger partial charge < -0.3 is 15.2 Å². The molecule has 3 rings (SSSR count). The average molecular weight is 373 g/mol. The first-order valence-corrected chi connectivity index (χ1v) is 7.58. The van der Waals surface area contributed by atoms with Crippen molar-refractivity contribution < 1.29 is 9.47 Å². The van der Waals surface area contributed by atoms with E-state index in [-0.39, 0.29) is 18.3 Å². The van der Waals surface area contributed by atoms with Crippen molar-refractivity contribution in [3.8, 4) is 17.4 Å². The first-order valence-electron chi connectivity index (χ1n) is 6.79. The van der Waals surface area contributed by atoms with Crippen LogP contribution in [0.25, 0.3) is 0 Å². The zero-order valence-electron chi connectivity index (χ0n) is 12.0. The van der Waals surface area contributed by atoms with Crippen LogP contribution >= 0.6 is 15.9 Å². The minimum Gasteiger partial charge on any atom is -0.470 e. The van der Waals surface area contributed by atoms with Gasteiger partial charge in [-0.1, -0.05) is 18.2 Å². The maximum absolute atomic E-state index is 5.83. The summed E-state index contributed by atoms with van der Waals surface area (Å²) >= 11 is 3.24. The van der Waals surface area contributed by atoms with Gasteiger partial charge in [-0.05, 0) is 34.1 Å². The summed E-state index contributed by atoms with van der Waals surface area (Å²) in [5, 5.41) is 0. The number of aromatic nitrogens is 3. The van der Waals surface area contributed by atoms with E-state index in [1.165, 1.54) is 6.20 Å². The largest absolute Gasteiger partial charge is 0.470 e. The minimum absolute atomic E-state index is 0.229. The number of halogens is 1. The number of rotatable bonds is 5. The predicted octanol–water partition coefficient (Wildman–Crippen LogP) is 3.59. The Labute approximate surface area is 141 Å². The van der Waals surface area contributed by atoms with E-state index in [0.29, 0.717) is 10.4 Å². The van der Waals surface area contributed by atoms with Crippen molar-refractivity contribution >= 4 is 21.7 Å². The Bertz CT molecular complexity index is 799. The van der Waals surface area contributed by atoms with E-state index in [1.807, 2.05) is 36.4 Å². The Kier molecular flexibility index (Phi) is 4.68. The summed E-state index contributed by atoms with van der Waals surface area (Å²) in [5.41, 5.74) is 6.58. The molecule has 1 aromatic carbocycles. The summed E-state index contributed by atoms with van der Waals surface area (Å²) in [6.45, 7) is 0.236. The highest BCUT2D eigenvalue weighted by Gasteiger charge is 2.09. The summed E-state index contributed by atoms with van der Waals surface area (Å²) in [6.07, 6.45) is 4.83. The molecule has 0 unspecified atom stereocenters. The molecule has 0 radical (unpaired) electrons. The predicted molar refractivity (Wildman–Crippen MR) is 89.2 cm³/mol. The third-order valence-electron chi connectivity index (χ3n) is 2.94. The monoisotopic (exact) mass is 372 g/mol. The van der Waals surface area contributed by atoms with Crippen LogP contribution in [0.3, 0.4) is 0 Å². The molecule has 0 saturated carbocycles. The molecule has 3 aromatic rings.